The number of thioether (sulfide) groups is 1. The number of carbonyl (C=O) groups is 1. The van der Waals surface area contributed by atoms with Gasteiger partial charge in [0, 0.05) is 12.4 Å². The van der Waals surface area contributed by atoms with Crippen molar-refractivity contribution in [3.63, 3.8) is 0 Å². The maximum Gasteiger partial charge on any atom is 0.347 e. The number of thiazole rings is 1. The Kier molecular flexibility index (Phi) is 4.56. The molecule has 1 unspecified atom stereocenters. The van der Waals surface area contributed by atoms with Crippen molar-refractivity contribution >= 4 is 29.1 Å². The molecule has 0 aromatic carbocycles. The van der Waals surface area contributed by atoms with Gasteiger partial charge in [0.1, 0.15) is 4.88 Å². The van der Waals surface area contributed by atoms with Crippen LogP contribution in [0.5, 0.6) is 0 Å². The predicted molar refractivity (Wildman–Crippen MR) is 61.0 cm³/mol. The SMILES string of the molecule is COCC(C)Sc1nc(C)c(C(=O)O)s1. The second-order valence-electron chi connectivity index (χ2n) is 3.08. The zero-order valence-electron chi connectivity index (χ0n) is 8.81. The summed E-state index contributed by atoms with van der Waals surface area (Å²) in [6, 6.07) is 0. The summed E-state index contributed by atoms with van der Waals surface area (Å²) in [4.78, 5) is 15.3. The van der Waals surface area contributed by atoms with E-state index in [1.807, 2.05) is 6.92 Å². The van der Waals surface area contributed by atoms with Crippen LogP contribution in [0, 0.1) is 6.92 Å². The van der Waals surface area contributed by atoms with Crippen LogP contribution in [-0.4, -0.2) is 35.0 Å². The highest BCUT2D eigenvalue weighted by molar-refractivity contribution is 8.01. The quantitative estimate of drug-likeness (QED) is 0.809. The molecule has 0 aliphatic carbocycles. The third-order valence-electron chi connectivity index (χ3n) is 1.67. The summed E-state index contributed by atoms with van der Waals surface area (Å²) in [5, 5.41) is 9.13. The number of carboxylic acids is 1. The second kappa shape index (κ2) is 5.48. The summed E-state index contributed by atoms with van der Waals surface area (Å²) in [5.74, 6) is -0.906. The van der Waals surface area contributed by atoms with Gasteiger partial charge >= 0.3 is 5.97 Å². The van der Waals surface area contributed by atoms with E-state index in [0.717, 1.165) is 4.34 Å². The lowest BCUT2D eigenvalue weighted by molar-refractivity contribution is 0.0701. The van der Waals surface area contributed by atoms with Crippen molar-refractivity contribution in [2.75, 3.05) is 13.7 Å². The first-order valence-electron chi connectivity index (χ1n) is 4.41. The van der Waals surface area contributed by atoms with Crippen LogP contribution in [0.25, 0.3) is 0 Å². The molecule has 1 N–H and O–H groups in total. The molecule has 1 rings (SSSR count). The van der Waals surface area contributed by atoms with Gasteiger partial charge in [0.15, 0.2) is 4.34 Å². The largest absolute Gasteiger partial charge is 0.477 e. The number of carboxylic acid groups (broad SMARTS) is 1. The Labute approximate surface area is 96.7 Å². The minimum Gasteiger partial charge on any atom is -0.477 e. The van der Waals surface area contributed by atoms with Crippen molar-refractivity contribution in [3.05, 3.63) is 10.6 Å². The molecule has 1 aromatic rings. The van der Waals surface area contributed by atoms with Crippen molar-refractivity contribution in [2.45, 2.75) is 23.4 Å². The summed E-state index contributed by atoms with van der Waals surface area (Å²) in [7, 11) is 1.65. The Morgan fingerprint density at radius 2 is 2.40 bits per heavy atom. The number of aryl methyl sites for hydroxylation is 1. The number of hydrogen-bond donors (Lipinski definition) is 1. The van der Waals surface area contributed by atoms with E-state index in [9.17, 15) is 4.79 Å². The summed E-state index contributed by atoms with van der Waals surface area (Å²) >= 11 is 2.76. The number of nitrogens with zero attached hydrogens (tertiary/aromatic N) is 1. The van der Waals surface area contributed by atoms with Gasteiger partial charge in [0.25, 0.3) is 0 Å². The van der Waals surface area contributed by atoms with Gasteiger partial charge in [-0.3, -0.25) is 0 Å². The molecule has 84 valence electrons. The first kappa shape index (κ1) is 12.5. The van der Waals surface area contributed by atoms with Gasteiger partial charge in [-0.1, -0.05) is 18.7 Å². The molecule has 0 amide bonds. The molecule has 0 aliphatic heterocycles. The normalized spacial score (nSPS) is 12.7. The van der Waals surface area contributed by atoms with E-state index < -0.39 is 5.97 Å². The number of hydrogen-bond acceptors (Lipinski definition) is 5. The lowest BCUT2D eigenvalue weighted by Crippen LogP contribution is -2.04. The van der Waals surface area contributed by atoms with Gasteiger partial charge in [-0.15, -0.1) is 11.3 Å². The monoisotopic (exact) mass is 247 g/mol. The number of rotatable bonds is 5. The Balaban J connectivity index is 2.71. The zero-order chi connectivity index (χ0) is 11.4. The van der Waals surface area contributed by atoms with Crippen molar-refractivity contribution in [1.82, 2.24) is 4.98 Å². The fourth-order valence-corrected chi connectivity index (χ4v) is 3.37. The van der Waals surface area contributed by atoms with Gasteiger partial charge < -0.3 is 9.84 Å². The van der Waals surface area contributed by atoms with E-state index in [4.69, 9.17) is 9.84 Å². The summed E-state index contributed by atoms with van der Waals surface area (Å²) in [6.07, 6.45) is 0. The molecule has 0 saturated carbocycles. The fraction of sp³-hybridized carbons (Fsp3) is 0.556. The second-order valence-corrected chi connectivity index (χ2v) is 5.77. The summed E-state index contributed by atoms with van der Waals surface area (Å²) in [5.41, 5.74) is 0.583. The Hall–Kier alpha value is -0.590. The molecule has 0 spiro atoms. The van der Waals surface area contributed by atoms with Crippen molar-refractivity contribution in [1.29, 1.82) is 0 Å². The molecule has 1 aromatic heterocycles. The van der Waals surface area contributed by atoms with Crippen LogP contribution >= 0.6 is 23.1 Å². The summed E-state index contributed by atoms with van der Waals surface area (Å²) in [6.45, 7) is 4.36. The Morgan fingerprint density at radius 3 is 2.87 bits per heavy atom. The van der Waals surface area contributed by atoms with Crippen molar-refractivity contribution in [3.8, 4) is 0 Å². The number of aromatic carboxylic acids is 1. The third kappa shape index (κ3) is 3.48. The van der Waals surface area contributed by atoms with E-state index >= 15 is 0 Å². The Morgan fingerprint density at radius 1 is 1.73 bits per heavy atom. The highest BCUT2D eigenvalue weighted by Crippen LogP contribution is 2.30. The van der Waals surface area contributed by atoms with Crippen LogP contribution < -0.4 is 0 Å². The third-order valence-corrected chi connectivity index (χ3v) is 3.98. The molecule has 1 atom stereocenters. The first-order valence-corrected chi connectivity index (χ1v) is 6.10. The van der Waals surface area contributed by atoms with Gasteiger partial charge in [-0.2, -0.15) is 0 Å². The molecule has 15 heavy (non-hydrogen) atoms. The maximum atomic E-state index is 10.8. The maximum absolute atomic E-state index is 10.8. The lowest BCUT2D eigenvalue weighted by atomic mass is 10.4. The van der Waals surface area contributed by atoms with E-state index in [2.05, 4.69) is 4.98 Å². The molecule has 6 heteroatoms. The molecule has 1 heterocycles. The topological polar surface area (TPSA) is 59.4 Å². The molecular formula is C9H13NO3S2. The molecule has 4 nitrogen and oxygen atoms in total. The van der Waals surface area contributed by atoms with Crippen LogP contribution in [0.3, 0.4) is 0 Å². The average molecular weight is 247 g/mol. The number of methoxy groups -OCH3 is 1. The molecule has 0 fully saturated rings. The highest BCUT2D eigenvalue weighted by atomic mass is 32.2. The van der Waals surface area contributed by atoms with Crippen LogP contribution in [-0.2, 0) is 4.74 Å². The van der Waals surface area contributed by atoms with Gasteiger partial charge in [0.05, 0.1) is 12.3 Å². The predicted octanol–water partition coefficient (Wildman–Crippen LogP) is 2.28. The van der Waals surface area contributed by atoms with Crippen LogP contribution in [0.4, 0.5) is 0 Å². The molecular weight excluding hydrogens is 234 g/mol. The Bertz CT molecular complexity index is 351. The van der Waals surface area contributed by atoms with E-state index in [0.29, 0.717) is 17.2 Å². The average Bonchev–Trinajstić information content (AvgIpc) is 2.47. The zero-order valence-corrected chi connectivity index (χ0v) is 10.4. The number of aromatic nitrogens is 1. The van der Waals surface area contributed by atoms with E-state index in [-0.39, 0.29) is 5.25 Å². The lowest BCUT2D eigenvalue weighted by Gasteiger charge is -2.05. The summed E-state index contributed by atoms with van der Waals surface area (Å²) < 4.78 is 5.79. The molecule has 0 bridgehead atoms. The smallest absolute Gasteiger partial charge is 0.347 e. The van der Waals surface area contributed by atoms with E-state index in [1.54, 1.807) is 14.0 Å². The van der Waals surface area contributed by atoms with Crippen LogP contribution in [0.2, 0.25) is 0 Å². The highest BCUT2D eigenvalue weighted by Gasteiger charge is 2.15. The van der Waals surface area contributed by atoms with Gasteiger partial charge in [0.2, 0.25) is 0 Å². The molecule has 0 aliphatic rings. The van der Waals surface area contributed by atoms with E-state index in [1.165, 1.54) is 23.1 Å². The fourth-order valence-electron chi connectivity index (χ4n) is 1.06. The van der Waals surface area contributed by atoms with Crippen molar-refractivity contribution in [2.24, 2.45) is 0 Å². The minimum absolute atomic E-state index is 0.280. The van der Waals surface area contributed by atoms with Gasteiger partial charge in [-0.05, 0) is 6.92 Å². The first-order chi connectivity index (χ1) is 7.04. The van der Waals surface area contributed by atoms with Crippen molar-refractivity contribution < 1.29 is 14.6 Å². The van der Waals surface area contributed by atoms with Gasteiger partial charge in [-0.25, -0.2) is 9.78 Å². The molecule has 0 saturated heterocycles. The minimum atomic E-state index is -0.906. The molecule has 0 radical (unpaired) electrons. The number of ether oxygens (including phenoxy) is 1. The van der Waals surface area contributed by atoms with Crippen LogP contribution in [0.15, 0.2) is 4.34 Å². The standard InChI is InChI=1S/C9H13NO3S2/c1-5(4-13-3)14-9-10-6(2)7(15-9)8(11)12/h5H,4H2,1-3H3,(H,11,12). The van der Waals surface area contributed by atoms with Crippen LogP contribution in [0.1, 0.15) is 22.3 Å².